The van der Waals surface area contributed by atoms with Crippen molar-refractivity contribution in [1.29, 1.82) is 0 Å². The summed E-state index contributed by atoms with van der Waals surface area (Å²) in [6.45, 7) is 0. The Morgan fingerprint density at radius 2 is 2.00 bits per heavy atom. The van der Waals surface area contributed by atoms with Crippen LogP contribution in [0.25, 0.3) is 0 Å². The third-order valence-electron chi connectivity index (χ3n) is 5.23. The first-order chi connectivity index (χ1) is 13.8. The van der Waals surface area contributed by atoms with Gasteiger partial charge in [-0.25, -0.2) is 0 Å². The molecule has 1 N–H and O–H groups in total. The highest BCUT2D eigenvalue weighted by molar-refractivity contribution is 7.99. The highest BCUT2D eigenvalue weighted by Gasteiger charge is 2.30. The number of carbonyl (C=O) groups excluding carboxylic acids is 1. The zero-order valence-electron chi connectivity index (χ0n) is 16.3. The molecule has 0 bridgehead atoms. The number of nitrogens with zero attached hydrogens (tertiary/aromatic N) is 3. The molecule has 5 nitrogen and oxygen atoms in total. The van der Waals surface area contributed by atoms with Gasteiger partial charge in [0, 0.05) is 19.2 Å². The smallest absolute Gasteiger partial charge is 0.325 e. The molecule has 1 heterocycles. The van der Waals surface area contributed by atoms with E-state index in [2.05, 4.69) is 15.5 Å². The molecule has 0 spiro atoms. The molecular weight excluding hydrogens is 401 g/mol. The summed E-state index contributed by atoms with van der Waals surface area (Å²) in [5.41, 5.74) is -0.671. The summed E-state index contributed by atoms with van der Waals surface area (Å²) in [6.07, 6.45) is 4.06. The summed E-state index contributed by atoms with van der Waals surface area (Å²) in [5.74, 6) is 1.32. The molecule has 1 aromatic carbocycles. The van der Waals surface area contributed by atoms with E-state index in [9.17, 15) is 18.0 Å². The zero-order chi connectivity index (χ0) is 20.9. The molecule has 9 heteroatoms. The number of anilines is 1. The highest BCUT2D eigenvalue weighted by Crippen LogP contribution is 2.31. The predicted octanol–water partition coefficient (Wildman–Crippen LogP) is 5.08. The van der Waals surface area contributed by atoms with Crippen molar-refractivity contribution in [1.82, 2.24) is 14.8 Å². The van der Waals surface area contributed by atoms with Gasteiger partial charge >= 0.3 is 6.18 Å². The van der Waals surface area contributed by atoms with Crippen molar-refractivity contribution in [3.05, 3.63) is 35.7 Å². The van der Waals surface area contributed by atoms with Gasteiger partial charge in [0.15, 0.2) is 5.16 Å². The third-order valence-corrected chi connectivity index (χ3v) is 6.25. The minimum atomic E-state index is -4.44. The van der Waals surface area contributed by atoms with Crippen LogP contribution in [-0.4, -0.2) is 26.4 Å². The Kier molecular flexibility index (Phi) is 7.21. The van der Waals surface area contributed by atoms with Crippen molar-refractivity contribution >= 4 is 23.4 Å². The first kappa shape index (κ1) is 21.7. The average molecular weight is 427 g/mol. The van der Waals surface area contributed by atoms with Gasteiger partial charge in [0.05, 0.1) is 11.3 Å². The number of rotatable bonds is 7. The van der Waals surface area contributed by atoms with E-state index in [0.717, 1.165) is 36.7 Å². The Bertz CT molecular complexity index is 831. The quantitative estimate of drug-likeness (QED) is 0.628. The summed E-state index contributed by atoms with van der Waals surface area (Å²) < 4.78 is 40.2. The molecule has 1 amide bonds. The number of halogens is 3. The maximum atomic E-state index is 12.8. The van der Waals surface area contributed by atoms with Crippen molar-refractivity contribution in [2.45, 2.75) is 56.3 Å². The maximum absolute atomic E-state index is 12.8. The van der Waals surface area contributed by atoms with Gasteiger partial charge < -0.3 is 9.88 Å². The van der Waals surface area contributed by atoms with Crippen LogP contribution in [0.15, 0.2) is 29.4 Å². The monoisotopic (exact) mass is 426 g/mol. The zero-order valence-corrected chi connectivity index (χ0v) is 17.2. The van der Waals surface area contributed by atoms with Gasteiger partial charge in [0.1, 0.15) is 5.82 Å². The van der Waals surface area contributed by atoms with Crippen LogP contribution in [0.5, 0.6) is 0 Å². The maximum Gasteiger partial charge on any atom is 0.416 e. The van der Waals surface area contributed by atoms with E-state index in [-0.39, 0.29) is 17.3 Å². The van der Waals surface area contributed by atoms with Gasteiger partial charge in [-0.3, -0.25) is 4.79 Å². The lowest BCUT2D eigenvalue weighted by molar-refractivity contribution is -0.137. The van der Waals surface area contributed by atoms with E-state index in [0.29, 0.717) is 5.16 Å². The SMILES string of the molecule is Cn1c(CCC2CCCCC2)nnc1SCC(=O)Nc1cccc(C(F)(F)F)c1. The summed E-state index contributed by atoms with van der Waals surface area (Å²) in [6, 6.07) is 4.60. The number of amides is 1. The number of benzene rings is 1. The van der Waals surface area contributed by atoms with Crippen LogP contribution in [0, 0.1) is 5.92 Å². The number of carbonyl (C=O) groups is 1. The lowest BCUT2D eigenvalue weighted by Crippen LogP contribution is -2.15. The van der Waals surface area contributed by atoms with Crippen LogP contribution in [-0.2, 0) is 24.4 Å². The van der Waals surface area contributed by atoms with Gasteiger partial charge in [-0.1, -0.05) is 49.9 Å². The molecule has 29 heavy (non-hydrogen) atoms. The standard InChI is InChI=1S/C20H25F3N4OS/c1-27-17(11-10-14-6-3-2-4-7-14)25-26-19(27)29-13-18(28)24-16-9-5-8-15(12-16)20(21,22)23/h5,8-9,12,14H,2-4,6-7,10-11,13H2,1H3,(H,24,28). The van der Waals surface area contributed by atoms with E-state index in [4.69, 9.17) is 0 Å². The summed E-state index contributed by atoms with van der Waals surface area (Å²) >= 11 is 1.22. The fourth-order valence-electron chi connectivity index (χ4n) is 3.60. The van der Waals surface area contributed by atoms with Crippen LogP contribution in [0.2, 0.25) is 0 Å². The molecule has 0 saturated heterocycles. The minimum Gasteiger partial charge on any atom is -0.325 e. The van der Waals surface area contributed by atoms with Crippen LogP contribution < -0.4 is 5.32 Å². The van der Waals surface area contributed by atoms with Gasteiger partial charge in [-0.2, -0.15) is 13.2 Å². The largest absolute Gasteiger partial charge is 0.416 e. The molecule has 1 aliphatic rings. The van der Waals surface area contributed by atoms with Crippen LogP contribution >= 0.6 is 11.8 Å². The Balaban J connectivity index is 1.49. The second-order valence-electron chi connectivity index (χ2n) is 7.42. The topological polar surface area (TPSA) is 59.8 Å². The van der Waals surface area contributed by atoms with Crippen molar-refractivity contribution in [2.24, 2.45) is 13.0 Å². The molecule has 1 fully saturated rings. The molecular formula is C20H25F3N4OS. The van der Waals surface area contributed by atoms with Gasteiger partial charge in [-0.05, 0) is 30.5 Å². The number of thioether (sulfide) groups is 1. The Morgan fingerprint density at radius 1 is 1.24 bits per heavy atom. The van der Waals surface area contributed by atoms with Crippen molar-refractivity contribution in [3.8, 4) is 0 Å². The average Bonchev–Trinajstić information content (AvgIpc) is 3.05. The normalized spacial score (nSPS) is 15.4. The number of aromatic nitrogens is 3. The minimum absolute atomic E-state index is 0.0465. The lowest BCUT2D eigenvalue weighted by Gasteiger charge is -2.20. The lowest BCUT2D eigenvalue weighted by atomic mass is 9.86. The molecule has 0 unspecified atom stereocenters. The van der Waals surface area contributed by atoms with Crippen molar-refractivity contribution in [3.63, 3.8) is 0 Å². The van der Waals surface area contributed by atoms with Crippen molar-refractivity contribution in [2.75, 3.05) is 11.1 Å². The molecule has 3 rings (SSSR count). The van der Waals surface area contributed by atoms with E-state index in [1.807, 2.05) is 11.6 Å². The number of hydrogen-bond donors (Lipinski definition) is 1. The molecule has 0 atom stereocenters. The van der Waals surface area contributed by atoms with Crippen LogP contribution in [0.3, 0.4) is 0 Å². The van der Waals surface area contributed by atoms with E-state index < -0.39 is 11.7 Å². The fraction of sp³-hybridized carbons (Fsp3) is 0.550. The summed E-state index contributed by atoms with van der Waals surface area (Å²) in [5, 5.41) is 11.5. The summed E-state index contributed by atoms with van der Waals surface area (Å²) in [7, 11) is 1.88. The highest BCUT2D eigenvalue weighted by atomic mass is 32.2. The number of hydrogen-bond acceptors (Lipinski definition) is 4. The first-order valence-electron chi connectivity index (χ1n) is 9.81. The summed E-state index contributed by atoms with van der Waals surface area (Å²) in [4.78, 5) is 12.1. The predicted molar refractivity (Wildman–Crippen MR) is 107 cm³/mol. The Hall–Kier alpha value is -2.03. The Morgan fingerprint density at radius 3 is 2.72 bits per heavy atom. The molecule has 158 valence electrons. The molecule has 1 saturated carbocycles. The Labute approximate surface area is 172 Å². The van der Waals surface area contributed by atoms with Gasteiger partial charge in [-0.15, -0.1) is 10.2 Å². The second-order valence-corrected chi connectivity index (χ2v) is 8.36. The third kappa shape index (κ3) is 6.22. The molecule has 0 radical (unpaired) electrons. The molecule has 0 aliphatic heterocycles. The first-order valence-corrected chi connectivity index (χ1v) is 10.8. The van der Waals surface area contributed by atoms with E-state index in [1.54, 1.807) is 0 Å². The van der Waals surface area contributed by atoms with Crippen LogP contribution in [0.4, 0.5) is 18.9 Å². The van der Waals surface area contributed by atoms with Gasteiger partial charge in [0.25, 0.3) is 0 Å². The van der Waals surface area contributed by atoms with Crippen LogP contribution in [0.1, 0.15) is 49.9 Å². The fourth-order valence-corrected chi connectivity index (χ4v) is 4.33. The van der Waals surface area contributed by atoms with E-state index >= 15 is 0 Å². The molecule has 1 aliphatic carbocycles. The molecule has 2 aromatic rings. The van der Waals surface area contributed by atoms with E-state index in [1.165, 1.54) is 56.0 Å². The number of aryl methyl sites for hydroxylation is 1. The van der Waals surface area contributed by atoms with Crippen molar-refractivity contribution < 1.29 is 18.0 Å². The molecule has 1 aromatic heterocycles. The number of alkyl halides is 3. The van der Waals surface area contributed by atoms with Gasteiger partial charge in [0.2, 0.25) is 5.91 Å². The number of nitrogens with one attached hydrogen (secondary N) is 1. The second kappa shape index (κ2) is 9.65.